The first-order valence-corrected chi connectivity index (χ1v) is 8.45. The monoisotopic (exact) mass is 384 g/mol. The van der Waals surface area contributed by atoms with Crippen molar-refractivity contribution < 1.29 is 24.5 Å². The van der Waals surface area contributed by atoms with Crippen LogP contribution in [0.3, 0.4) is 0 Å². The van der Waals surface area contributed by atoms with E-state index in [-0.39, 0.29) is 17.9 Å². The SMILES string of the molecule is COc1ccc([C@@]2(C)NC(=O)N(/N=C/c3c(CO)cnc(C)c3O)C2=O)cc1. The van der Waals surface area contributed by atoms with Gasteiger partial charge in [0.05, 0.1) is 25.6 Å². The first kappa shape index (κ1) is 19.3. The van der Waals surface area contributed by atoms with Crippen LogP contribution in [-0.2, 0) is 16.9 Å². The van der Waals surface area contributed by atoms with Gasteiger partial charge < -0.3 is 20.3 Å². The van der Waals surface area contributed by atoms with Gasteiger partial charge in [-0.25, -0.2) is 4.79 Å². The molecule has 0 unspecified atom stereocenters. The normalized spacial score (nSPS) is 19.4. The molecule has 3 rings (SSSR count). The number of hydrogen-bond donors (Lipinski definition) is 3. The Morgan fingerprint density at radius 3 is 2.61 bits per heavy atom. The summed E-state index contributed by atoms with van der Waals surface area (Å²) >= 11 is 0. The zero-order valence-corrected chi connectivity index (χ0v) is 15.6. The number of ether oxygens (including phenoxy) is 1. The Morgan fingerprint density at radius 2 is 2.00 bits per heavy atom. The summed E-state index contributed by atoms with van der Waals surface area (Å²) in [4.78, 5) is 29.2. The summed E-state index contributed by atoms with van der Waals surface area (Å²) < 4.78 is 5.11. The maximum atomic E-state index is 12.9. The molecule has 0 spiro atoms. The van der Waals surface area contributed by atoms with E-state index < -0.39 is 17.5 Å². The van der Waals surface area contributed by atoms with Crippen molar-refractivity contribution in [2.24, 2.45) is 5.10 Å². The van der Waals surface area contributed by atoms with E-state index in [4.69, 9.17) is 4.74 Å². The number of aliphatic hydroxyl groups is 1. The van der Waals surface area contributed by atoms with Gasteiger partial charge in [0.15, 0.2) is 0 Å². The molecule has 0 aliphatic carbocycles. The Hall–Kier alpha value is -3.46. The molecule has 1 aliphatic heterocycles. The van der Waals surface area contributed by atoms with E-state index in [1.54, 1.807) is 38.1 Å². The number of methoxy groups -OCH3 is 1. The molecule has 2 heterocycles. The third-order valence-electron chi connectivity index (χ3n) is 4.67. The number of carbonyl (C=O) groups is 2. The number of imide groups is 1. The zero-order valence-electron chi connectivity index (χ0n) is 15.6. The summed E-state index contributed by atoms with van der Waals surface area (Å²) in [7, 11) is 1.53. The number of hydrazone groups is 1. The van der Waals surface area contributed by atoms with E-state index in [1.807, 2.05) is 0 Å². The maximum Gasteiger partial charge on any atom is 0.346 e. The largest absolute Gasteiger partial charge is 0.505 e. The van der Waals surface area contributed by atoms with Gasteiger partial charge in [-0.3, -0.25) is 9.78 Å². The molecule has 1 aliphatic rings. The molecule has 9 heteroatoms. The molecular weight excluding hydrogens is 364 g/mol. The van der Waals surface area contributed by atoms with Gasteiger partial charge in [0.25, 0.3) is 5.91 Å². The van der Waals surface area contributed by atoms with E-state index in [9.17, 15) is 19.8 Å². The highest BCUT2D eigenvalue weighted by Crippen LogP contribution is 2.30. The van der Waals surface area contributed by atoms with Crippen molar-refractivity contribution in [3.63, 3.8) is 0 Å². The summed E-state index contributed by atoms with van der Waals surface area (Å²) in [5.74, 6) is -0.130. The number of urea groups is 1. The smallest absolute Gasteiger partial charge is 0.346 e. The second kappa shape index (κ2) is 7.28. The van der Waals surface area contributed by atoms with Crippen LogP contribution in [0.1, 0.15) is 29.3 Å². The zero-order chi connectivity index (χ0) is 20.5. The number of aryl methyl sites for hydroxylation is 1. The van der Waals surface area contributed by atoms with Crippen molar-refractivity contribution in [1.82, 2.24) is 15.3 Å². The fraction of sp³-hybridized carbons (Fsp3) is 0.263. The van der Waals surface area contributed by atoms with Crippen molar-refractivity contribution in [2.75, 3.05) is 7.11 Å². The first-order valence-electron chi connectivity index (χ1n) is 8.45. The fourth-order valence-electron chi connectivity index (χ4n) is 2.89. The van der Waals surface area contributed by atoms with Gasteiger partial charge in [-0.05, 0) is 31.5 Å². The Kier molecular flexibility index (Phi) is 5.02. The highest BCUT2D eigenvalue weighted by Gasteiger charge is 2.49. The van der Waals surface area contributed by atoms with Gasteiger partial charge in [0.2, 0.25) is 0 Å². The second-order valence-corrected chi connectivity index (χ2v) is 6.43. The average Bonchev–Trinajstić information content (AvgIpc) is 2.92. The van der Waals surface area contributed by atoms with E-state index in [0.717, 1.165) is 6.21 Å². The molecule has 1 aromatic heterocycles. The molecule has 1 aromatic carbocycles. The van der Waals surface area contributed by atoms with Crippen LogP contribution < -0.4 is 10.1 Å². The van der Waals surface area contributed by atoms with Gasteiger partial charge in [-0.15, -0.1) is 5.01 Å². The minimum absolute atomic E-state index is 0.180. The van der Waals surface area contributed by atoms with Crippen molar-refractivity contribution >= 4 is 18.2 Å². The average molecular weight is 384 g/mol. The maximum absolute atomic E-state index is 12.9. The molecule has 1 saturated heterocycles. The van der Waals surface area contributed by atoms with Crippen molar-refractivity contribution in [3.8, 4) is 11.5 Å². The van der Waals surface area contributed by atoms with Crippen LogP contribution in [0.25, 0.3) is 0 Å². The summed E-state index contributed by atoms with van der Waals surface area (Å²) in [5, 5.41) is 26.9. The van der Waals surface area contributed by atoms with Gasteiger partial charge in [0, 0.05) is 17.3 Å². The molecule has 3 amide bonds. The third-order valence-corrected chi connectivity index (χ3v) is 4.67. The number of aliphatic hydroxyl groups excluding tert-OH is 1. The van der Waals surface area contributed by atoms with Gasteiger partial charge in [-0.1, -0.05) is 12.1 Å². The lowest BCUT2D eigenvalue weighted by Crippen LogP contribution is -2.40. The molecule has 1 fully saturated rings. The van der Waals surface area contributed by atoms with Crippen LogP contribution in [0, 0.1) is 6.92 Å². The molecule has 0 bridgehead atoms. The highest BCUT2D eigenvalue weighted by atomic mass is 16.5. The van der Waals surface area contributed by atoms with Gasteiger partial charge in [-0.2, -0.15) is 5.10 Å². The van der Waals surface area contributed by atoms with E-state index in [2.05, 4.69) is 15.4 Å². The number of carbonyl (C=O) groups excluding carboxylic acids is 2. The standard InChI is InChI=1S/C19H20N4O5/c1-11-16(25)15(12(10-24)8-20-11)9-21-23-17(26)19(2,22-18(23)27)13-4-6-14(28-3)7-5-13/h4-9,24-25H,10H2,1-3H3,(H,22,27)/b21-9+/t19-/m1/s1. The van der Waals surface area contributed by atoms with Crippen LogP contribution >= 0.6 is 0 Å². The van der Waals surface area contributed by atoms with Crippen LogP contribution in [0.15, 0.2) is 35.6 Å². The van der Waals surface area contributed by atoms with Crippen LogP contribution in [0.4, 0.5) is 4.79 Å². The molecule has 1 atom stereocenters. The number of hydrogen-bond acceptors (Lipinski definition) is 7. The number of nitrogens with zero attached hydrogens (tertiary/aromatic N) is 3. The van der Waals surface area contributed by atoms with E-state index in [1.165, 1.54) is 13.3 Å². The third kappa shape index (κ3) is 3.16. The predicted molar refractivity (Wildman–Crippen MR) is 99.9 cm³/mol. The molecule has 146 valence electrons. The predicted octanol–water partition coefficient (Wildman–Crippen LogP) is 1.40. The van der Waals surface area contributed by atoms with E-state index in [0.29, 0.717) is 27.6 Å². The Balaban J connectivity index is 1.92. The summed E-state index contributed by atoms with van der Waals surface area (Å²) in [6, 6.07) is 6.06. The van der Waals surface area contributed by atoms with Crippen LogP contribution in [0.5, 0.6) is 11.5 Å². The summed E-state index contributed by atoms with van der Waals surface area (Å²) in [6.07, 6.45) is 2.55. The minimum atomic E-state index is -1.29. The number of nitrogens with one attached hydrogen (secondary N) is 1. The Labute approximate surface area is 161 Å². The number of rotatable bonds is 5. The molecule has 0 radical (unpaired) electrons. The Bertz CT molecular complexity index is 958. The van der Waals surface area contributed by atoms with Gasteiger partial charge in [0.1, 0.15) is 17.0 Å². The summed E-state index contributed by atoms with van der Waals surface area (Å²) in [6.45, 7) is 2.78. The van der Waals surface area contributed by atoms with Crippen molar-refractivity contribution in [3.05, 3.63) is 52.8 Å². The second-order valence-electron chi connectivity index (χ2n) is 6.43. The van der Waals surface area contributed by atoms with E-state index >= 15 is 0 Å². The lowest BCUT2D eigenvalue weighted by molar-refractivity contribution is -0.131. The number of aromatic nitrogens is 1. The molecule has 3 N–H and O–H groups in total. The molecule has 9 nitrogen and oxygen atoms in total. The highest BCUT2D eigenvalue weighted by molar-refractivity contribution is 6.07. The van der Waals surface area contributed by atoms with Crippen LogP contribution in [-0.4, -0.2) is 45.5 Å². The van der Waals surface area contributed by atoms with Crippen molar-refractivity contribution in [2.45, 2.75) is 26.0 Å². The van der Waals surface area contributed by atoms with Crippen molar-refractivity contribution in [1.29, 1.82) is 0 Å². The van der Waals surface area contributed by atoms with Crippen LogP contribution in [0.2, 0.25) is 0 Å². The number of aromatic hydroxyl groups is 1. The first-order chi connectivity index (χ1) is 13.3. The van der Waals surface area contributed by atoms with Gasteiger partial charge >= 0.3 is 6.03 Å². The topological polar surface area (TPSA) is 124 Å². The number of pyridine rings is 1. The molecule has 28 heavy (non-hydrogen) atoms. The fourth-order valence-corrected chi connectivity index (χ4v) is 2.89. The lowest BCUT2D eigenvalue weighted by Gasteiger charge is -2.21. The molecule has 0 saturated carbocycles. The Morgan fingerprint density at radius 1 is 1.32 bits per heavy atom. The number of amides is 3. The molecular formula is C19H20N4O5. The molecule has 2 aromatic rings. The summed E-state index contributed by atoms with van der Waals surface area (Å²) in [5.41, 5.74) is 0.115. The quantitative estimate of drug-likeness (QED) is 0.529. The lowest BCUT2D eigenvalue weighted by atomic mass is 9.92. The number of benzene rings is 1. The minimum Gasteiger partial charge on any atom is -0.505 e.